The highest BCUT2D eigenvalue weighted by molar-refractivity contribution is 8.07. The third-order valence-corrected chi connectivity index (χ3v) is 6.82. The Balaban J connectivity index is 2.48. The minimum atomic E-state index is 0.669. The van der Waals surface area contributed by atoms with E-state index in [9.17, 15) is 0 Å². The van der Waals surface area contributed by atoms with Crippen LogP contribution in [0, 0.1) is 0 Å². The van der Waals surface area contributed by atoms with Gasteiger partial charge in [-0.3, -0.25) is 0 Å². The maximum Gasteiger partial charge on any atom is 0.0462 e. The van der Waals surface area contributed by atoms with Crippen LogP contribution < -0.4 is 5.32 Å². The zero-order chi connectivity index (χ0) is 13.2. The number of nitrogens with one attached hydrogen (secondary N) is 1. The number of rotatable bonds is 9. The molecule has 1 heterocycles. The smallest absolute Gasteiger partial charge is 0.0462 e. The standard InChI is InChI=1S/C14H29NOS2/c1-4-8-15-12(7-6-9-16-3)14-13(5-2)17-10-11-18-14/h12-15H,4-11H2,1-3H3. The van der Waals surface area contributed by atoms with E-state index >= 15 is 0 Å². The summed E-state index contributed by atoms with van der Waals surface area (Å²) in [5.74, 6) is 2.65. The van der Waals surface area contributed by atoms with Crippen LogP contribution in [0.4, 0.5) is 0 Å². The lowest BCUT2D eigenvalue weighted by Crippen LogP contribution is -2.45. The van der Waals surface area contributed by atoms with Crippen molar-refractivity contribution < 1.29 is 4.74 Å². The van der Waals surface area contributed by atoms with E-state index in [0.29, 0.717) is 6.04 Å². The molecule has 2 nitrogen and oxygen atoms in total. The van der Waals surface area contributed by atoms with Crippen molar-refractivity contribution in [1.29, 1.82) is 0 Å². The van der Waals surface area contributed by atoms with Gasteiger partial charge in [-0.25, -0.2) is 0 Å². The van der Waals surface area contributed by atoms with Gasteiger partial charge in [0.15, 0.2) is 0 Å². The second-order valence-electron chi connectivity index (χ2n) is 4.85. The number of hydrogen-bond acceptors (Lipinski definition) is 4. The summed E-state index contributed by atoms with van der Waals surface area (Å²) >= 11 is 4.37. The van der Waals surface area contributed by atoms with Gasteiger partial charge in [0.2, 0.25) is 0 Å². The molecular formula is C14H29NOS2. The normalized spacial score (nSPS) is 26.2. The average Bonchev–Trinajstić information content (AvgIpc) is 2.42. The Bertz CT molecular complexity index is 204. The van der Waals surface area contributed by atoms with Crippen LogP contribution in [0.3, 0.4) is 0 Å². The number of ether oxygens (including phenoxy) is 1. The highest BCUT2D eigenvalue weighted by Gasteiger charge is 2.31. The molecule has 0 amide bonds. The summed E-state index contributed by atoms with van der Waals surface area (Å²) in [5.41, 5.74) is 0. The summed E-state index contributed by atoms with van der Waals surface area (Å²) in [6.07, 6.45) is 4.96. The quantitative estimate of drug-likeness (QED) is 0.657. The van der Waals surface area contributed by atoms with E-state index < -0.39 is 0 Å². The van der Waals surface area contributed by atoms with Crippen LogP contribution in [-0.2, 0) is 4.74 Å². The fourth-order valence-corrected chi connectivity index (χ4v) is 5.77. The molecule has 1 N–H and O–H groups in total. The lowest BCUT2D eigenvalue weighted by molar-refractivity contribution is 0.188. The maximum absolute atomic E-state index is 5.20. The van der Waals surface area contributed by atoms with Crippen molar-refractivity contribution in [3.05, 3.63) is 0 Å². The molecule has 1 aliphatic rings. The van der Waals surface area contributed by atoms with E-state index in [0.717, 1.165) is 23.7 Å². The molecule has 3 atom stereocenters. The lowest BCUT2D eigenvalue weighted by atomic mass is 10.0. The SMILES string of the molecule is CCCNC(CCCOC)C1SCCSC1CC. The van der Waals surface area contributed by atoms with Gasteiger partial charge in [-0.1, -0.05) is 13.8 Å². The molecule has 108 valence electrons. The molecule has 0 aromatic carbocycles. The van der Waals surface area contributed by atoms with Crippen LogP contribution in [-0.4, -0.2) is 48.3 Å². The molecule has 1 aliphatic heterocycles. The second kappa shape index (κ2) is 10.4. The Labute approximate surface area is 121 Å². The molecular weight excluding hydrogens is 262 g/mol. The molecule has 1 rings (SSSR count). The van der Waals surface area contributed by atoms with Gasteiger partial charge in [-0.05, 0) is 32.2 Å². The number of hydrogen-bond donors (Lipinski definition) is 1. The molecule has 1 fully saturated rings. The molecule has 4 heteroatoms. The minimum absolute atomic E-state index is 0.669. The molecule has 0 aromatic rings. The maximum atomic E-state index is 5.20. The van der Waals surface area contributed by atoms with Crippen LogP contribution in [0.5, 0.6) is 0 Å². The van der Waals surface area contributed by atoms with Crippen molar-refractivity contribution in [3.8, 4) is 0 Å². The molecule has 0 radical (unpaired) electrons. The molecule has 0 bridgehead atoms. The van der Waals surface area contributed by atoms with Gasteiger partial charge in [0.1, 0.15) is 0 Å². The summed E-state index contributed by atoms with van der Waals surface area (Å²) in [7, 11) is 1.80. The van der Waals surface area contributed by atoms with Crippen molar-refractivity contribution in [2.24, 2.45) is 0 Å². The molecule has 0 saturated carbocycles. The molecule has 0 aromatic heterocycles. The second-order valence-corrected chi connectivity index (χ2v) is 7.48. The summed E-state index contributed by atoms with van der Waals surface area (Å²) in [6.45, 7) is 6.63. The van der Waals surface area contributed by atoms with Crippen LogP contribution >= 0.6 is 23.5 Å². The number of thioether (sulfide) groups is 2. The summed E-state index contributed by atoms with van der Waals surface area (Å²) in [6, 6.07) is 0.669. The highest BCUT2D eigenvalue weighted by Crippen LogP contribution is 2.36. The fraction of sp³-hybridized carbons (Fsp3) is 1.00. The van der Waals surface area contributed by atoms with Crippen molar-refractivity contribution in [2.45, 2.75) is 56.1 Å². The Morgan fingerprint density at radius 2 is 2.06 bits per heavy atom. The van der Waals surface area contributed by atoms with E-state index in [1.165, 1.54) is 37.2 Å². The zero-order valence-electron chi connectivity index (χ0n) is 12.1. The number of methoxy groups -OCH3 is 1. The lowest BCUT2D eigenvalue weighted by Gasteiger charge is -2.36. The largest absolute Gasteiger partial charge is 0.385 e. The van der Waals surface area contributed by atoms with Crippen LogP contribution in [0.1, 0.15) is 39.5 Å². The third kappa shape index (κ3) is 5.72. The van der Waals surface area contributed by atoms with E-state index in [1.807, 2.05) is 0 Å². The molecule has 0 spiro atoms. The fourth-order valence-electron chi connectivity index (χ4n) is 2.47. The first kappa shape index (κ1) is 16.7. The predicted molar refractivity (Wildman–Crippen MR) is 86.0 cm³/mol. The summed E-state index contributed by atoms with van der Waals surface area (Å²) in [5, 5.41) is 5.40. The van der Waals surface area contributed by atoms with Gasteiger partial charge >= 0.3 is 0 Å². The van der Waals surface area contributed by atoms with Crippen LogP contribution in [0.15, 0.2) is 0 Å². The Hall–Kier alpha value is 0.620. The van der Waals surface area contributed by atoms with Crippen molar-refractivity contribution >= 4 is 23.5 Å². The third-order valence-electron chi connectivity index (χ3n) is 3.41. The predicted octanol–water partition coefficient (Wildman–Crippen LogP) is 3.41. The first-order valence-corrected chi connectivity index (χ1v) is 9.38. The first-order chi connectivity index (χ1) is 8.83. The van der Waals surface area contributed by atoms with E-state index in [-0.39, 0.29) is 0 Å². The topological polar surface area (TPSA) is 21.3 Å². The van der Waals surface area contributed by atoms with Gasteiger partial charge in [0.05, 0.1) is 0 Å². The van der Waals surface area contributed by atoms with E-state index in [2.05, 4.69) is 42.7 Å². The Kier molecular flexibility index (Phi) is 9.65. The van der Waals surface area contributed by atoms with Crippen LogP contribution in [0.2, 0.25) is 0 Å². The molecule has 18 heavy (non-hydrogen) atoms. The van der Waals surface area contributed by atoms with Crippen LogP contribution in [0.25, 0.3) is 0 Å². The monoisotopic (exact) mass is 291 g/mol. The average molecular weight is 292 g/mol. The Morgan fingerprint density at radius 1 is 1.28 bits per heavy atom. The first-order valence-electron chi connectivity index (χ1n) is 7.29. The van der Waals surface area contributed by atoms with Crippen molar-refractivity contribution in [1.82, 2.24) is 5.32 Å². The summed E-state index contributed by atoms with van der Waals surface area (Å²) < 4.78 is 5.20. The Morgan fingerprint density at radius 3 is 2.72 bits per heavy atom. The highest BCUT2D eigenvalue weighted by atomic mass is 32.2. The van der Waals surface area contributed by atoms with E-state index in [1.54, 1.807) is 7.11 Å². The van der Waals surface area contributed by atoms with Crippen molar-refractivity contribution in [3.63, 3.8) is 0 Å². The molecule has 0 aliphatic carbocycles. The van der Waals surface area contributed by atoms with Crippen molar-refractivity contribution in [2.75, 3.05) is 31.8 Å². The zero-order valence-corrected chi connectivity index (χ0v) is 13.7. The molecule has 1 saturated heterocycles. The van der Waals surface area contributed by atoms with E-state index in [4.69, 9.17) is 4.74 Å². The molecule has 3 unspecified atom stereocenters. The van der Waals surface area contributed by atoms with Gasteiger partial charge in [0, 0.05) is 41.8 Å². The van der Waals surface area contributed by atoms with Gasteiger partial charge in [-0.15, -0.1) is 0 Å². The minimum Gasteiger partial charge on any atom is -0.385 e. The van der Waals surface area contributed by atoms with Gasteiger partial charge < -0.3 is 10.1 Å². The summed E-state index contributed by atoms with van der Waals surface area (Å²) in [4.78, 5) is 0. The van der Waals surface area contributed by atoms with Gasteiger partial charge in [-0.2, -0.15) is 23.5 Å². The van der Waals surface area contributed by atoms with Gasteiger partial charge in [0.25, 0.3) is 0 Å².